The maximum atomic E-state index is 13.4. The fraction of sp³-hybridized carbons (Fsp3) is 0.280. The van der Waals surface area contributed by atoms with E-state index in [1.54, 1.807) is 35.7 Å². The third-order valence-corrected chi connectivity index (χ3v) is 6.63. The van der Waals surface area contributed by atoms with E-state index in [1.165, 1.54) is 28.8 Å². The summed E-state index contributed by atoms with van der Waals surface area (Å²) in [4.78, 5) is 30.7. The van der Waals surface area contributed by atoms with Crippen LogP contribution in [0.5, 0.6) is 11.5 Å². The first kappa shape index (κ1) is 23.7. The van der Waals surface area contributed by atoms with Crippen molar-refractivity contribution in [1.29, 1.82) is 0 Å². The molecular formula is C25H26N2O6S. The van der Waals surface area contributed by atoms with E-state index < -0.39 is 17.7 Å². The van der Waals surface area contributed by atoms with Crippen LogP contribution in [0.3, 0.4) is 0 Å². The molecule has 3 heterocycles. The van der Waals surface area contributed by atoms with Crippen LogP contribution in [0.4, 0.5) is 0 Å². The molecule has 0 spiro atoms. The van der Waals surface area contributed by atoms with Gasteiger partial charge in [0.15, 0.2) is 17.3 Å². The van der Waals surface area contributed by atoms with Gasteiger partial charge in [0.2, 0.25) is 5.78 Å². The van der Waals surface area contributed by atoms with Gasteiger partial charge in [-0.05, 0) is 29.1 Å². The van der Waals surface area contributed by atoms with Crippen molar-refractivity contribution in [2.75, 3.05) is 39.4 Å². The first-order valence-electron chi connectivity index (χ1n) is 10.9. The predicted octanol–water partition coefficient (Wildman–Crippen LogP) is 3.70. The Balaban J connectivity index is 1.72. The quantitative estimate of drug-likeness (QED) is 0.408. The lowest BCUT2D eigenvalue weighted by atomic mass is 9.95. The van der Waals surface area contributed by atoms with Gasteiger partial charge >= 0.3 is 0 Å². The monoisotopic (exact) mass is 482 g/mol. The van der Waals surface area contributed by atoms with Gasteiger partial charge in [0, 0.05) is 26.2 Å². The number of nitrogens with zero attached hydrogens (tertiary/aromatic N) is 2. The molecule has 178 valence electrons. The first-order valence-corrected chi connectivity index (χ1v) is 11.7. The lowest BCUT2D eigenvalue weighted by Gasteiger charge is -2.31. The summed E-state index contributed by atoms with van der Waals surface area (Å²) in [5, 5.41) is 12.6. The molecule has 1 aromatic carbocycles. The average Bonchev–Trinajstić information content (AvgIpc) is 3.47. The highest BCUT2D eigenvalue weighted by atomic mass is 32.1. The molecule has 2 aromatic rings. The highest BCUT2D eigenvalue weighted by Gasteiger charge is 2.44. The van der Waals surface area contributed by atoms with Gasteiger partial charge in [-0.1, -0.05) is 25.3 Å². The van der Waals surface area contributed by atoms with E-state index >= 15 is 0 Å². The van der Waals surface area contributed by atoms with E-state index in [2.05, 4.69) is 18.1 Å². The molecule has 1 saturated heterocycles. The number of ether oxygens (including phenoxy) is 3. The summed E-state index contributed by atoms with van der Waals surface area (Å²) in [5.41, 5.74) is 0.656. The molecule has 0 radical (unpaired) electrons. The molecule has 1 fully saturated rings. The Morgan fingerprint density at radius 2 is 1.88 bits per heavy atom. The van der Waals surface area contributed by atoms with Crippen LogP contribution in [0.2, 0.25) is 0 Å². The van der Waals surface area contributed by atoms with Gasteiger partial charge in [-0.25, -0.2) is 0 Å². The zero-order valence-corrected chi connectivity index (χ0v) is 19.5. The highest BCUT2D eigenvalue weighted by Crippen LogP contribution is 2.42. The number of benzene rings is 1. The molecule has 0 saturated carbocycles. The number of hydrogen-bond donors (Lipinski definition) is 1. The average molecular weight is 483 g/mol. The van der Waals surface area contributed by atoms with Gasteiger partial charge in [-0.2, -0.15) is 0 Å². The highest BCUT2D eigenvalue weighted by molar-refractivity contribution is 7.12. The fourth-order valence-corrected chi connectivity index (χ4v) is 4.82. The summed E-state index contributed by atoms with van der Waals surface area (Å²) >= 11 is 1.26. The van der Waals surface area contributed by atoms with E-state index in [0.29, 0.717) is 48.2 Å². The Hall–Kier alpha value is -3.40. The molecule has 2 aliphatic heterocycles. The van der Waals surface area contributed by atoms with Crippen LogP contribution in [0.1, 0.15) is 21.3 Å². The predicted molar refractivity (Wildman–Crippen MR) is 128 cm³/mol. The molecule has 34 heavy (non-hydrogen) atoms. The molecule has 1 unspecified atom stereocenters. The molecule has 1 atom stereocenters. The van der Waals surface area contributed by atoms with Gasteiger partial charge in [0.05, 0.1) is 42.2 Å². The summed E-state index contributed by atoms with van der Waals surface area (Å²) in [6, 6.07) is 7.75. The Morgan fingerprint density at radius 1 is 1.15 bits per heavy atom. The number of aliphatic hydroxyl groups excluding tert-OH is 1. The number of Topliss-reactive ketones (excluding diaryl/α,β-unsaturated/α-hetero) is 1. The van der Waals surface area contributed by atoms with Crippen LogP contribution in [0.25, 0.3) is 0 Å². The third kappa shape index (κ3) is 4.77. The Labute approximate surface area is 202 Å². The largest absolute Gasteiger partial charge is 0.503 e. The standard InChI is InChI=1S/C25H26N2O6S/c1-3-32-18-8-7-17(16-19(18)33-4-2)22-21(23(28)20-6-5-15-34-20)24(29)25(30)27(22)10-9-26-11-13-31-14-12-26/h3-8,15-16,22,29H,1-2,9-14H2. The fourth-order valence-electron chi connectivity index (χ4n) is 4.14. The Morgan fingerprint density at radius 3 is 2.56 bits per heavy atom. The van der Waals surface area contributed by atoms with Crippen LogP contribution >= 0.6 is 11.3 Å². The van der Waals surface area contributed by atoms with E-state index in [9.17, 15) is 14.7 Å². The third-order valence-electron chi connectivity index (χ3n) is 5.76. The zero-order chi connectivity index (χ0) is 24.1. The van der Waals surface area contributed by atoms with Gasteiger partial charge in [-0.3, -0.25) is 14.5 Å². The minimum Gasteiger partial charge on any atom is -0.503 e. The lowest BCUT2D eigenvalue weighted by Crippen LogP contribution is -2.43. The molecule has 4 rings (SSSR count). The minimum absolute atomic E-state index is 0.0522. The Kier molecular flexibility index (Phi) is 7.46. The second-order valence-electron chi connectivity index (χ2n) is 7.70. The van der Waals surface area contributed by atoms with Crippen molar-refractivity contribution in [1.82, 2.24) is 9.80 Å². The van der Waals surface area contributed by atoms with Crippen molar-refractivity contribution in [3.63, 3.8) is 0 Å². The summed E-state index contributed by atoms with van der Waals surface area (Å²) < 4.78 is 16.3. The molecule has 0 aliphatic carbocycles. The number of thiophene rings is 1. The topological polar surface area (TPSA) is 88.5 Å². The number of carbonyl (C=O) groups excluding carboxylic acids is 2. The van der Waals surface area contributed by atoms with Crippen LogP contribution in [-0.2, 0) is 9.53 Å². The number of rotatable bonds is 10. The summed E-state index contributed by atoms with van der Waals surface area (Å²) in [5.74, 6) is -0.722. The van der Waals surface area contributed by atoms with Crippen molar-refractivity contribution in [2.24, 2.45) is 0 Å². The zero-order valence-electron chi connectivity index (χ0n) is 18.6. The second-order valence-corrected chi connectivity index (χ2v) is 8.65. The first-order chi connectivity index (χ1) is 16.5. The van der Waals surface area contributed by atoms with Crippen molar-refractivity contribution < 1.29 is 28.9 Å². The molecule has 9 heteroatoms. The van der Waals surface area contributed by atoms with Gasteiger partial charge in [-0.15, -0.1) is 11.3 Å². The Bertz CT molecular complexity index is 1100. The number of carbonyl (C=O) groups is 2. The smallest absolute Gasteiger partial charge is 0.290 e. The molecule has 2 aliphatic rings. The van der Waals surface area contributed by atoms with Crippen LogP contribution < -0.4 is 9.47 Å². The van der Waals surface area contributed by atoms with E-state index in [4.69, 9.17) is 14.2 Å². The summed E-state index contributed by atoms with van der Waals surface area (Å²) in [6.45, 7) is 10.9. The minimum atomic E-state index is -0.784. The van der Waals surface area contributed by atoms with Gasteiger partial charge in [0.25, 0.3) is 5.91 Å². The van der Waals surface area contributed by atoms with Crippen molar-refractivity contribution in [2.45, 2.75) is 6.04 Å². The lowest BCUT2D eigenvalue weighted by molar-refractivity contribution is -0.129. The van der Waals surface area contributed by atoms with Gasteiger partial charge in [0.1, 0.15) is 0 Å². The van der Waals surface area contributed by atoms with Crippen LogP contribution in [-0.4, -0.2) is 66.0 Å². The molecule has 0 bridgehead atoms. The van der Waals surface area contributed by atoms with Crippen molar-refractivity contribution in [3.05, 3.63) is 83.2 Å². The van der Waals surface area contributed by atoms with E-state index in [1.807, 2.05) is 0 Å². The summed E-state index contributed by atoms with van der Waals surface area (Å²) in [7, 11) is 0. The van der Waals surface area contributed by atoms with Crippen LogP contribution in [0, 0.1) is 0 Å². The van der Waals surface area contributed by atoms with Crippen molar-refractivity contribution >= 4 is 23.0 Å². The number of aliphatic hydroxyl groups is 1. The second kappa shape index (κ2) is 10.7. The molecule has 1 N–H and O–H groups in total. The molecule has 8 nitrogen and oxygen atoms in total. The van der Waals surface area contributed by atoms with E-state index in [-0.39, 0.29) is 11.4 Å². The number of ketones is 1. The molecule has 1 aromatic heterocycles. The SMILES string of the molecule is C=COc1ccc(C2C(C(=O)c3cccs3)=C(O)C(=O)N2CCN2CCOCC2)cc1OC=C. The number of hydrogen-bond acceptors (Lipinski definition) is 8. The number of morpholine rings is 1. The summed E-state index contributed by atoms with van der Waals surface area (Å²) in [6.07, 6.45) is 2.53. The van der Waals surface area contributed by atoms with E-state index in [0.717, 1.165) is 13.1 Å². The van der Waals surface area contributed by atoms with Crippen LogP contribution in [0.15, 0.2) is 72.7 Å². The normalized spacial score (nSPS) is 18.8. The number of amides is 1. The molecule has 1 amide bonds. The molecular weight excluding hydrogens is 456 g/mol. The van der Waals surface area contributed by atoms with Gasteiger partial charge < -0.3 is 24.2 Å². The maximum absolute atomic E-state index is 13.4. The maximum Gasteiger partial charge on any atom is 0.290 e. The van der Waals surface area contributed by atoms with Crippen molar-refractivity contribution in [3.8, 4) is 11.5 Å².